The van der Waals surface area contributed by atoms with E-state index in [0.29, 0.717) is 32.7 Å². The zero-order valence-corrected chi connectivity index (χ0v) is 19.8. The second-order valence-corrected chi connectivity index (χ2v) is 8.28. The second-order valence-electron chi connectivity index (χ2n) is 7.07. The highest BCUT2D eigenvalue weighted by Crippen LogP contribution is 2.45. The molecule has 2 heterocycles. The molecule has 1 aliphatic rings. The summed E-state index contributed by atoms with van der Waals surface area (Å²) >= 11 is 7.64. The molecule has 33 heavy (non-hydrogen) atoms. The lowest BCUT2D eigenvalue weighted by molar-refractivity contribution is -0.134. The smallest absolute Gasteiger partial charge is 0.310 e. The van der Waals surface area contributed by atoms with Crippen LogP contribution in [0.25, 0.3) is 11.3 Å². The molecule has 0 saturated heterocycles. The van der Waals surface area contributed by atoms with Crippen molar-refractivity contribution in [3.8, 4) is 22.9 Å². The van der Waals surface area contributed by atoms with Crippen LogP contribution in [0, 0.1) is 0 Å². The molecule has 170 valence electrons. The number of halogens is 1. The number of nitrogens with zero attached hydrogens (tertiary/aromatic N) is 4. The van der Waals surface area contributed by atoms with E-state index < -0.39 is 12.2 Å². The van der Waals surface area contributed by atoms with Crippen LogP contribution in [-0.2, 0) is 9.59 Å². The Labute approximate surface area is 200 Å². The number of thioether (sulfide) groups is 1. The quantitative estimate of drug-likeness (QED) is 0.281. The van der Waals surface area contributed by atoms with E-state index in [9.17, 15) is 9.59 Å². The fraction of sp³-hybridized carbons (Fsp3) is 0.261. The number of anilines is 1. The number of benzene rings is 2. The molecule has 0 aliphatic carbocycles. The molecule has 0 N–H and O–H groups in total. The Morgan fingerprint density at radius 1 is 1.15 bits per heavy atom. The Balaban J connectivity index is 1.98. The maximum atomic E-state index is 13.3. The van der Waals surface area contributed by atoms with E-state index in [2.05, 4.69) is 15.2 Å². The standard InChI is InChI=1S/C23H21ClN4O4S/c1-4-18(29)28-16-9-7-6-8-14(16)20-21(25-23(33-3)27-26-20)32-22(28)15-12-13(24)10-11-17(15)31-19(30)5-2/h6-12,22H,4-5H2,1-3H3/t22-/m0/s1. The van der Waals surface area contributed by atoms with Crippen molar-refractivity contribution in [2.24, 2.45) is 0 Å². The van der Waals surface area contributed by atoms with Crippen molar-refractivity contribution in [3.05, 3.63) is 53.1 Å². The third-order valence-electron chi connectivity index (χ3n) is 5.02. The van der Waals surface area contributed by atoms with Crippen LogP contribution in [0.15, 0.2) is 47.6 Å². The van der Waals surface area contributed by atoms with Crippen LogP contribution < -0.4 is 14.4 Å². The number of fused-ring (bicyclic) bond motifs is 3. The number of para-hydroxylation sites is 1. The Morgan fingerprint density at radius 2 is 1.94 bits per heavy atom. The zero-order valence-electron chi connectivity index (χ0n) is 18.2. The average molecular weight is 485 g/mol. The van der Waals surface area contributed by atoms with Crippen molar-refractivity contribution in [1.29, 1.82) is 0 Å². The van der Waals surface area contributed by atoms with Crippen LogP contribution >= 0.6 is 23.4 Å². The van der Waals surface area contributed by atoms with Crippen molar-refractivity contribution in [1.82, 2.24) is 15.2 Å². The van der Waals surface area contributed by atoms with E-state index in [1.807, 2.05) is 24.5 Å². The Morgan fingerprint density at radius 3 is 2.67 bits per heavy atom. The van der Waals surface area contributed by atoms with Crippen LogP contribution in [0.4, 0.5) is 5.69 Å². The van der Waals surface area contributed by atoms with Crippen molar-refractivity contribution in [2.45, 2.75) is 38.1 Å². The summed E-state index contributed by atoms with van der Waals surface area (Å²) in [5, 5.41) is 9.30. The molecule has 1 atom stereocenters. The number of amides is 1. The fourth-order valence-electron chi connectivity index (χ4n) is 3.44. The minimum absolute atomic E-state index is 0.186. The predicted octanol–water partition coefficient (Wildman–Crippen LogP) is 5.06. The Kier molecular flexibility index (Phi) is 6.80. The predicted molar refractivity (Wildman–Crippen MR) is 126 cm³/mol. The maximum absolute atomic E-state index is 13.3. The third-order valence-corrected chi connectivity index (χ3v) is 5.79. The van der Waals surface area contributed by atoms with Gasteiger partial charge in [0.15, 0.2) is 5.69 Å². The lowest BCUT2D eigenvalue weighted by Crippen LogP contribution is -2.37. The summed E-state index contributed by atoms with van der Waals surface area (Å²) in [6.07, 6.45) is 1.22. The summed E-state index contributed by atoms with van der Waals surface area (Å²) in [5.41, 5.74) is 2.06. The summed E-state index contributed by atoms with van der Waals surface area (Å²) in [4.78, 5) is 31.4. The molecule has 0 saturated carbocycles. The first-order valence-electron chi connectivity index (χ1n) is 10.3. The molecule has 0 radical (unpaired) electrons. The highest BCUT2D eigenvalue weighted by molar-refractivity contribution is 7.98. The molecule has 8 nitrogen and oxygen atoms in total. The topological polar surface area (TPSA) is 94.5 Å². The number of ether oxygens (including phenoxy) is 2. The van der Waals surface area contributed by atoms with Crippen molar-refractivity contribution < 1.29 is 19.1 Å². The molecule has 1 amide bonds. The van der Waals surface area contributed by atoms with Crippen LogP contribution in [0.3, 0.4) is 0 Å². The lowest BCUT2D eigenvalue weighted by Gasteiger charge is -2.31. The van der Waals surface area contributed by atoms with Crippen LogP contribution in [0.5, 0.6) is 11.6 Å². The van der Waals surface area contributed by atoms with Crippen molar-refractivity contribution in [2.75, 3.05) is 11.2 Å². The number of carbonyl (C=O) groups is 2. The van der Waals surface area contributed by atoms with Crippen molar-refractivity contribution in [3.63, 3.8) is 0 Å². The van der Waals surface area contributed by atoms with Gasteiger partial charge in [0.2, 0.25) is 23.2 Å². The second kappa shape index (κ2) is 9.76. The molecule has 2 aromatic carbocycles. The summed E-state index contributed by atoms with van der Waals surface area (Å²) in [5.74, 6) is -0.162. The van der Waals surface area contributed by atoms with Gasteiger partial charge in [0.1, 0.15) is 5.75 Å². The summed E-state index contributed by atoms with van der Waals surface area (Å²) in [7, 11) is 0. The van der Waals surface area contributed by atoms with Gasteiger partial charge in [0, 0.05) is 23.4 Å². The molecular formula is C23H21ClN4O4S. The first-order valence-corrected chi connectivity index (χ1v) is 11.9. The third kappa shape index (κ3) is 4.51. The lowest BCUT2D eigenvalue weighted by atomic mass is 10.1. The first kappa shape index (κ1) is 23.0. The molecule has 0 bridgehead atoms. The van der Waals surface area contributed by atoms with E-state index in [1.54, 1.807) is 38.1 Å². The number of hydrogen-bond acceptors (Lipinski definition) is 8. The van der Waals surface area contributed by atoms with Crippen molar-refractivity contribution >= 4 is 40.9 Å². The number of carbonyl (C=O) groups excluding carboxylic acids is 2. The molecule has 1 aromatic heterocycles. The number of rotatable bonds is 5. The Bertz CT molecular complexity index is 1220. The van der Waals surface area contributed by atoms with Gasteiger partial charge < -0.3 is 9.47 Å². The van der Waals surface area contributed by atoms with Crippen LogP contribution in [0.1, 0.15) is 38.5 Å². The van der Waals surface area contributed by atoms with E-state index >= 15 is 0 Å². The van der Waals surface area contributed by atoms with Gasteiger partial charge in [-0.1, -0.05) is 55.4 Å². The average Bonchev–Trinajstić information content (AvgIpc) is 2.98. The molecule has 0 unspecified atom stereocenters. The fourth-order valence-corrected chi connectivity index (χ4v) is 3.92. The van der Waals surface area contributed by atoms with E-state index in [4.69, 9.17) is 21.1 Å². The highest BCUT2D eigenvalue weighted by atomic mass is 35.5. The zero-order chi connectivity index (χ0) is 23.5. The molecule has 1 aliphatic heterocycles. The van der Waals surface area contributed by atoms with Gasteiger partial charge in [0.25, 0.3) is 0 Å². The summed E-state index contributed by atoms with van der Waals surface area (Å²) in [6, 6.07) is 12.1. The summed E-state index contributed by atoms with van der Waals surface area (Å²) < 4.78 is 11.9. The molecule has 4 rings (SSSR count). The van der Waals surface area contributed by atoms with Crippen LogP contribution in [0.2, 0.25) is 5.02 Å². The number of hydrogen-bond donors (Lipinski definition) is 0. The first-order chi connectivity index (χ1) is 16.0. The molecule has 0 fully saturated rings. The van der Waals surface area contributed by atoms with Crippen LogP contribution in [-0.4, -0.2) is 33.3 Å². The number of esters is 1. The van der Waals surface area contributed by atoms with Gasteiger partial charge in [-0.2, -0.15) is 4.98 Å². The van der Waals surface area contributed by atoms with Gasteiger partial charge in [-0.05, 0) is 30.5 Å². The molecular weight excluding hydrogens is 464 g/mol. The van der Waals surface area contributed by atoms with Gasteiger partial charge in [-0.3, -0.25) is 14.5 Å². The normalized spacial score (nSPS) is 14.5. The van der Waals surface area contributed by atoms with Gasteiger partial charge in [-0.25, -0.2) is 0 Å². The highest BCUT2D eigenvalue weighted by Gasteiger charge is 2.37. The Hall–Kier alpha value is -3.17. The SMILES string of the molecule is CCC(=O)Oc1ccc(Cl)cc1[C@@H]1Oc2nc(SC)nnc2-c2ccccc2N1C(=O)CC. The van der Waals surface area contributed by atoms with Gasteiger partial charge in [0.05, 0.1) is 11.3 Å². The minimum atomic E-state index is -1.01. The maximum Gasteiger partial charge on any atom is 0.310 e. The largest absolute Gasteiger partial charge is 0.447 e. The molecule has 10 heteroatoms. The van der Waals surface area contributed by atoms with E-state index in [1.165, 1.54) is 16.7 Å². The monoisotopic (exact) mass is 484 g/mol. The van der Waals surface area contributed by atoms with E-state index in [0.717, 1.165) is 0 Å². The summed E-state index contributed by atoms with van der Waals surface area (Å²) in [6.45, 7) is 3.46. The minimum Gasteiger partial charge on any atom is -0.447 e. The van der Waals surface area contributed by atoms with Gasteiger partial charge >= 0.3 is 5.97 Å². The van der Waals surface area contributed by atoms with Gasteiger partial charge in [-0.15, -0.1) is 10.2 Å². The molecule has 0 spiro atoms. The number of aromatic nitrogens is 3. The molecule has 3 aromatic rings. The van der Waals surface area contributed by atoms with E-state index in [-0.39, 0.29) is 30.4 Å².